The first-order valence-corrected chi connectivity index (χ1v) is 7.92. The first-order valence-electron chi connectivity index (χ1n) is 6.76. The van der Waals surface area contributed by atoms with E-state index in [9.17, 15) is 0 Å². The molecule has 0 aliphatic heterocycles. The number of terminal acetylenes is 1. The Balaban J connectivity index is 2.04. The van der Waals surface area contributed by atoms with Crippen molar-refractivity contribution < 1.29 is 0 Å². The van der Waals surface area contributed by atoms with Crippen LogP contribution in [0.15, 0.2) is 60.7 Å². The van der Waals surface area contributed by atoms with Crippen molar-refractivity contribution >= 4 is 11.8 Å². The van der Waals surface area contributed by atoms with Crippen LogP contribution in [0.25, 0.3) is 0 Å². The van der Waals surface area contributed by atoms with E-state index in [1.165, 1.54) is 11.1 Å². The average molecular weight is 281 g/mol. The van der Waals surface area contributed by atoms with Crippen LogP contribution in [0.5, 0.6) is 0 Å². The monoisotopic (exact) mass is 281 g/mol. The molecule has 0 atom stereocenters. The van der Waals surface area contributed by atoms with Crippen LogP contribution in [-0.2, 0) is 0 Å². The Hall–Kier alpha value is -1.69. The second-order valence-corrected chi connectivity index (χ2v) is 5.57. The molecule has 1 nitrogen and oxygen atoms in total. The van der Waals surface area contributed by atoms with Crippen molar-refractivity contribution in [1.82, 2.24) is 5.32 Å². The first kappa shape index (κ1) is 14.7. The van der Waals surface area contributed by atoms with Gasteiger partial charge in [-0.1, -0.05) is 66.6 Å². The van der Waals surface area contributed by atoms with Crippen LogP contribution in [0, 0.1) is 12.3 Å². The van der Waals surface area contributed by atoms with E-state index in [4.69, 9.17) is 6.42 Å². The molecule has 0 amide bonds. The topological polar surface area (TPSA) is 12.0 Å². The van der Waals surface area contributed by atoms with E-state index in [1.54, 1.807) is 11.8 Å². The minimum absolute atomic E-state index is 0.240. The molecule has 2 heteroatoms. The third kappa shape index (κ3) is 4.45. The van der Waals surface area contributed by atoms with Crippen LogP contribution in [0.4, 0.5) is 0 Å². The zero-order valence-corrected chi connectivity index (χ0v) is 12.3. The van der Waals surface area contributed by atoms with Gasteiger partial charge in [-0.2, -0.15) is 0 Å². The zero-order valence-electron chi connectivity index (χ0n) is 11.5. The molecule has 0 aliphatic rings. The van der Waals surface area contributed by atoms with Crippen LogP contribution in [0.3, 0.4) is 0 Å². The summed E-state index contributed by atoms with van der Waals surface area (Å²) >= 11 is 1.79. The lowest BCUT2D eigenvalue weighted by molar-refractivity contribution is 0.634. The summed E-state index contributed by atoms with van der Waals surface area (Å²) in [6.07, 6.45) is 5.26. The van der Waals surface area contributed by atoms with Gasteiger partial charge in [0.25, 0.3) is 0 Å². The van der Waals surface area contributed by atoms with Crippen molar-refractivity contribution in [2.45, 2.75) is 6.04 Å². The van der Waals surface area contributed by atoms with E-state index < -0.39 is 0 Å². The highest BCUT2D eigenvalue weighted by atomic mass is 32.2. The van der Waals surface area contributed by atoms with Crippen molar-refractivity contribution in [3.63, 3.8) is 0 Å². The third-order valence-electron chi connectivity index (χ3n) is 3.05. The average Bonchev–Trinajstić information content (AvgIpc) is 2.53. The Bertz CT molecular complexity index is 491. The maximum Gasteiger partial charge on any atom is 0.0576 e. The molecule has 102 valence electrons. The Morgan fingerprint density at radius 3 is 2.00 bits per heavy atom. The van der Waals surface area contributed by atoms with Crippen molar-refractivity contribution in [1.29, 1.82) is 0 Å². The lowest BCUT2D eigenvalue weighted by Crippen LogP contribution is -2.24. The van der Waals surface area contributed by atoms with E-state index in [0.29, 0.717) is 0 Å². The molecule has 1 N–H and O–H groups in total. The number of thioether (sulfide) groups is 1. The summed E-state index contributed by atoms with van der Waals surface area (Å²) in [7, 11) is 0. The molecule has 2 rings (SSSR count). The molecular formula is C18H19NS. The fraction of sp³-hybridized carbons (Fsp3) is 0.222. The fourth-order valence-corrected chi connectivity index (χ4v) is 2.65. The molecule has 20 heavy (non-hydrogen) atoms. The number of hydrogen-bond donors (Lipinski definition) is 1. The molecule has 0 bridgehead atoms. The van der Waals surface area contributed by atoms with Crippen molar-refractivity contribution in [2.75, 3.05) is 18.1 Å². The first-order chi connectivity index (χ1) is 9.92. The summed E-state index contributed by atoms with van der Waals surface area (Å²) in [5.74, 6) is 4.46. The Kier molecular flexibility index (Phi) is 6.23. The fourth-order valence-electron chi connectivity index (χ4n) is 2.13. The highest BCUT2D eigenvalue weighted by Crippen LogP contribution is 2.21. The normalized spacial score (nSPS) is 10.4. The van der Waals surface area contributed by atoms with Gasteiger partial charge in [0, 0.05) is 12.3 Å². The molecule has 0 radical (unpaired) electrons. The van der Waals surface area contributed by atoms with E-state index in [1.807, 2.05) is 12.1 Å². The van der Waals surface area contributed by atoms with Gasteiger partial charge in [0.15, 0.2) is 0 Å². The molecule has 0 unspecified atom stereocenters. The lowest BCUT2D eigenvalue weighted by atomic mass is 9.99. The number of benzene rings is 2. The number of rotatable bonds is 7. The summed E-state index contributed by atoms with van der Waals surface area (Å²) in [6, 6.07) is 21.3. The van der Waals surface area contributed by atoms with E-state index in [-0.39, 0.29) is 6.04 Å². The number of nitrogens with one attached hydrogen (secondary N) is 1. The van der Waals surface area contributed by atoms with Crippen LogP contribution in [-0.4, -0.2) is 18.1 Å². The lowest BCUT2D eigenvalue weighted by Gasteiger charge is -2.19. The molecular weight excluding hydrogens is 262 g/mol. The summed E-state index contributed by atoms with van der Waals surface area (Å²) in [6.45, 7) is 0.945. The standard InChI is InChI=1S/C18H19NS/c1-2-14-20-15-13-19-18(16-9-5-3-6-10-16)17-11-7-4-8-12-17/h1,3-12,18-19H,13-15H2. The quantitative estimate of drug-likeness (QED) is 0.613. The van der Waals surface area contributed by atoms with Gasteiger partial charge in [0.05, 0.1) is 11.8 Å². The maximum atomic E-state index is 5.26. The zero-order chi connectivity index (χ0) is 14.0. The molecule has 0 heterocycles. The van der Waals surface area contributed by atoms with Gasteiger partial charge in [0.1, 0.15) is 0 Å². The molecule has 0 spiro atoms. The van der Waals surface area contributed by atoms with Gasteiger partial charge in [-0.3, -0.25) is 0 Å². The van der Waals surface area contributed by atoms with Gasteiger partial charge in [-0.05, 0) is 11.1 Å². The van der Waals surface area contributed by atoms with E-state index in [2.05, 4.69) is 59.8 Å². The van der Waals surface area contributed by atoms with Gasteiger partial charge < -0.3 is 5.32 Å². The van der Waals surface area contributed by atoms with Crippen LogP contribution in [0.1, 0.15) is 17.2 Å². The SMILES string of the molecule is C#CCSCCNC(c1ccccc1)c1ccccc1. The highest BCUT2D eigenvalue weighted by molar-refractivity contribution is 7.99. The van der Waals surface area contributed by atoms with Crippen molar-refractivity contribution in [3.05, 3.63) is 71.8 Å². The minimum Gasteiger partial charge on any atom is -0.305 e. The Morgan fingerprint density at radius 2 is 1.50 bits per heavy atom. The van der Waals surface area contributed by atoms with Gasteiger partial charge in [0.2, 0.25) is 0 Å². The predicted octanol–water partition coefficient (Wildman–Crippen LogP) is 3.73. The minimum atomic E-state index is 0.240. The summed E-state index contributed by atoms with van der Waals surface area (Å²) in [5, 5.41) is 3.62. The van der Waals surface area contributed by atoms with E-state index in [0.717, 1.165) is 18.1 Å². The third-order valence-corrected chi connectivity index (χ3v) is 3.91. The molecule has 0 saturated heterocycles. The second-order valence-electron chi connectivity index (χ2n) is 4.47. The van der Waals surface area contributed by atoms with Crippen LogP contribution >= 0.6 is 11.8 Å². The van der Waals surface area contributed by atoms with E-state index >= 15 is 0 Å². The predicted molar refractivity (Wildman–Crippen MR) is 88.9 cm³/mol. The Morgan fingerprint density at radius 1 is 0.950 bits per heavy atom. The molecule has 2 aromatic carbocycles. The van der Waals surface area contributed by atoms with Crippen molar-refractivity contribution in [2.24, 2.45) is 0 Å². The highest BCUT2D eigenvalue weighted by Gasteiger charge is 2.12. The number of hydrogen-bond acceptors (Lipinski definition) is 2. The molecule has 0 saturated carbocycles. The molecule has 0 aliphatic carbocycles. The second kappa shape index (κ2) is 8.47. The summed E-state index contributed by atoms with van der Waals surface area (Å²) < 4.78 is 0. The Labute approximate surface area is 125 Å². The largest absolute Gasteiger partial charge is 0.305 e. The van der Waals surface area contributed by atoms with Crippen LogP contribution < -0.4 is 5.32 Å². The summed E-state index contributed by atoms with van der Waals surface area (Å²) in [5.41, 5.74) is 2.58. The van der Waals surface area contributed by atoms with Gasteiger partial charge >= 0.3 is 0 Å². The summed E-state index contributed by atoms with van der Waals surface area (Å²) in [4.78, 5) is 0. The van der Waals surface area contributed by atoms with Crippen molar-refractivity contribution in [3.8, 4) is 12.3 Å². The van der Waals surface area contributed by atoms with Gasteiger partial charge in [-0.25, -0.2) is 0 Å². The molecule has 0 aromatic heterocycles. The maximum absolute atomic E-state index is 5.26. The van der Waals surface area contributed by atoms with Gasteiger partial charge in [-0.15, -0.1) is 18.2 Å². The van der Waals surface area contributed by atoms with Crippen LogP contribution in [0.2, 0.25) is 0 Å². The molecule has 2 aromatic rings. The smallest absolute Gasteiger partial charge is 0.0576 e. The molecule has 0 fully saturated rings.